The molecule has 2 aromatic rings. The van der Waals surface area contributed by atoms with Crippen molar-refractivity contribution in [2.75, 3.05) is 44.7 Å². The van der Waals surface area contributed by atoms with Crippen molar-refractivity contribution in [2.24, 2.45) is 4.99 Å². The summed E-state index contributed by atoms with van der Waals surface area (Å²) in [6.45, 7) is 9.58. The quantitative estimate of drug-likeness (QED) is 0.517. The van der Waals surface area contributed by atoms with Crippen LogP contribution in [0.3, 0.4) is 0 Å². The molecule has 0 spiro atoms. The lowest BCUT2D eigenvalue weighted by Crippen LogP contribution is -2.44. The summed E-state index contributed by atoms with van der Waals surface area (Å²) in [5.41, 5.74) is 2.05. The predicted molar refractivity (Wildman–Crippen MR) is 127 cm³/mol. The van der Waals surface area contributed by atoms with E-state index in [0.29, 0.717) is 16.6 Å². The van der Waals surface area contributed by atoms with Gasteiger partial charge in [-0.25, -0.2) is 9.98 Å². The molecule has 1 aromatic carbocycles. The minimum atomic E-state index is -0.00898. The van der Waals surface area contributed by atoms with Crippen molar-refractivity contribution < 1.29 is 0 Å². The SMILES string of the molecule is CCNC(=NCc1ccc(N2CCN(C)CC2)nc1)NC(C)c1ccc(Cl)cc1Cl. The van der Waals surface area contributed by atoms with Gasteiger partial charge in [-0.15, -0.1) is 0 Å². The molecular weight excluding hydrogens is 419 g/mol. The number of guanidine groups is 1. The molecule has 1 saturated heterocycles. The second kappa shape index (κ2) is 10.8. The summed E-state index contributed by atoms with van der Waals surface area (Å²) in [4.78, 5) is 14.0. The first-order valence-electron chi connectivity index (χ1n) is 10.3. The first kappa shape index (κ1) is 22.7. The Bertz CT molecular complexity index is 847. The third-order valence-electron chi connectivity index (χ3n) is 5.18. The van der Waals surface area contributed by atoms with E-state index in [9.17, 15) is 0 Å². The zero-order valence-electron chi connectivity index (χ0n) is 17.8. The van der Waals surface area contributed by atoms with Crippen LogP contribution in [-0.4, -0.2) is 55.6 Å². The van der Waals surface area contributed by atoms with E-state index in [-0.39, 0.29) is 6.04 Å². The van der Waals surface area contributed by atoms with Gasteiger partial charge in [0.25, 0.3) is 0 Å². The number of pyridine rings is 1. The van der Waals surface area contributed by atoms with Gasteiger partial charge in [-0.1, -0.05) is 35.3 Å². The van der Waals surface area contributed by atoms with Crippen molar-refractivity contribution >= 4 is 35.0 Å². The number of hydrogen-bond acceptors (Lipinski definition) is 4. The van der Waals surface area contributed by atoms with Crippen LogP contribution in [0, 0.1) is 0 Å². The molecule has 162 valence electrons. The Balaban J connectivity index is 1.62. The first-order valence-corrected chi connectivity index (χ1v) is 11.1. The van der Waals surface area contributed by atoms with Gasteiger partial charge in [0.1, 0.15) is 5.82 Å². The Morgan fingerprint density at radius 3 is 2.57 bits per heavy atom. The van der Waals surface area contributed by atoms with Gasteiger partial charge >= 0.3 is 0 Å². The van der Waals surface area contributed by atoms with E-state index in [4.69, 9.17) is 28.2 Å². The van der Waals surface area contributed by atoms with Crippen LogP contribution in [0.25, 0.3) is 0 Å². The van der Waals surface area contributed by atoms with Gasteiger partial charge in [0.2, 0.25) is 0 Å². The summed E-state index contributed by atoms with van der Waals surface area (Å²) in [6, 6.07) is 9.73. The van der Waals surface area contributed by atoms with Crippen molar-refractivity contribution in [1.82, 2.24) is 20.5 Å². The smallest absolute Gasteiger partial charge is 0.192 e. The minimum Gasteiger partial charge on any atom is -0.357 e. The van der Waals surface area contributed by atoms with Gasteiger partial charge in [-0.2, -0.15) is 0 Å². The second-order valence-electron chi connectivity index (χ2n) is 7.54. The fourth-order valence-electron chi connectivity index (χ4n) is 3.36. The number of nitrogens with zero attached hydrogens (tertiary/aromatic N) is 4. The average Bonchev–Trinajstić information content (AvgIpc) is 2.73. The summed E-state index contributed by atoms with van der Waals surface area (Å²) in [5, 5.41) is 7.97. The van der Waals surface area contributed by atoms with E-state index in [2.05, 4.69) is 44.6 Å². The van der Waals surface area contributed by atoms with Crippen LogP contribution >= 0.6 is 23.2 Å². The Morgan fingerprint density at radius 2 is 1.93 bits per heavy atom. The number of nitrogens with one attached hydrogen (secondary N) is 2. The molecule has 2 N–H and O–H groups in total. The van der Waals surface area contributed by atoms with E-state index in [0.717, 1.165) is 55.6 Å². The number of halogens is 2. The number of piperazine rings is 1. The molecule has 1 atom stereocenters. The van der Waals surface area contributed by atoms with Gasteiger partial charge < -0.3 is 20.4 Å². The number of rotatable bonds is 6. The molecule has 0 bridgehead atoms. The number of aromatic nitrogens is 1. The van der Waals surface area contributed by atoms with Crippen LogP contribution in [0.4, 0.5) is 5.82 Å². The Kier molecular flexibility index (Phi) is 8.19. The molecule has 8 heteroatoms. The zero-order chi connectivity index (χ0) is 21.5. The Labute approximate surface area is 189 Å². The molecular formula is C22H30Cl2N6. The highest BCUT2D eigenvalue weighted by atomic mass is 35.5. The van der Waals surface area contributed by atoms with Crippen LogP contribution in [0.2, 0.25) is 10.0 Å². The van der Waals surface area contributed by atoms with E-state index in [1.54, 1.807) is 6.07 Å². The van der Waals surface area contributed by atoms with Crippen molar-refractivity contribution in [1.29, 1.82) is 0 Å². The first-order chi connectivity index (χ1) is 14.5. The average molecular weight is 449 g/mol. The van der Waals surface area contributed by atoms with E-state index in [1.807, 2.05) is 32.2 Å². The molecule has 0 amide bonds. The number of anilines is 1. The predicted octanol–water partition coefficient (Wildman–Crippen LogP) is 3.96. The maximum absolute atomic E-state index is 6.35. The van der Waals surface area contributed by atoms with Crippen molar-refractivity contribution in [3.63, 3.8) is 0 Å². The zero-order valence-corrected chi connectivity index (χ0v) is 19.3. The molecule has 0 radical (unpaired) electrons. The topological polar surface area (TPSA) is 55.8 Å². The van der Waals surface area contributed by atoms with Crippen molar-refractivity contribution in [3.8, 4) is 0 Å². The lowest BCUT2D eigenvalue weighted by molar-refractivity contribution is 0.312. The molecule has 30 heavy (non-hydrogen) atoms. The molecule has 1 unspecified atom stereocenters. The fourth-order valence-corrected chi connectivity index (χ4v) is 3.93. The lowest BCUT2D eigenvalue weighted by atomic mass is 10.1. The largest absolute Gasteiger partial charge is 0.357 e. The molecule has 3 rings (SSSR count). The highest BCUT2D eigenvalue weighted by Gasteiger charge is 2.15. The van der Waals surface area contributed by atoms with Crippen LogP contribution < -0.4 is 15.5 Å². The van der Waals surface area contributed by atoms with Crippen LogP contribution in [0.5, 0.6) is 0 Å². The standard InChI is InChI=1S/C22H30Cl2N6/c1-4-25-22(28-16(2)19-7-6-18(23)13-20(19)24)27-15-17-5-8-21(26-14-17)30-11-9-29(3)10-12-30/h5-8,13-14,16H,4,9-12,15H2,1-3H3,(H2,25,27,28). The summed E-state index contributed by atoms with van der Waals surface area (Å²) in [6.07, 6.45) is 1.92. The molecule has 0 saturated carbocycles. The minimum absolute atomic E-state index is 0.00898. The van der Waals surface area contributed by atoms with E-state index in [1.165, 1.54) is 0 Å². The van der Waals surface area contributed by atoms with Crippen LogP contribution in [0.1, 0.15) is 31.0 Å². The molecule has 1 fully saturated rings. The second-order valence-corrected chi connectivity index (χ2v) is 8.39. The number of aliphatic imine (C=N–C) groups is 1. The highest BCUT2D eigenvalue weighted by molar-refractivity contribution is 6.35. The summed E-state index contributed by atoms with van der Waals surface area (Å²) < 4.78 is 0. The van der Waals surface area contributed by atoms with E-state index >= 15 is 0 Å². The summed E-state index contributed by atoms with van der Waals surface area (Å²) in [5.74, 6) is 1.77. The van der Waals surface area contributed by atoms with Gasteiger partial charge in [-0.05, 0) is 50.2 Å². The third kappa shape index (κ3) is 6.24. The third-order valence-corrected chi connectivity index (χ3v) is 5.75. The van der Waals surface area contributed by atoms with Crippen LogP contribution in [-0.2, 0) is 6.54 Å². The monoisotopic (exact) mass is 448 g/mol. The maximum Gasteiger partial charge on any atom is 0.192 e. The van der Waals surface area contributed by atoms with Gasteiger partial charge in [0.05, 0.1) is 12.6 Å². The van der Waals surface area contributed by atoms with Gasteiger partial charge in [0.15, 0.2) is 5.96 Å². The molecule has 1 aliphatic heterocycles. The summed E-state index contributed by atoms with van der Waals surface area (Å²) in [7, 11) is 2.16. The molecule has 6 nitrogen and oxygen atoms in total. The maximum atomic E-state index is 6.35. The normalized spacial score (nSPS) is 16.4. The Hall–Kier alpha value is -2.02. The summed E-state index contributed by atoms with van der Waals surface area (Å²) >= 11 is 12.4. The molecule has 1 aliphatic rings. The van der Waals surface area contributed by atoms with Gasteiger partial charge in [0, 0.05) is 49.0 Å². The lowest BCUT2D eigenvalue weighted by Gasteiger charge is -2.33. The van der Waals surface area contributed by atoms with Crippen LogP contribution in [0.15, 0.2) is 41.5 Å². The van der Waals surface area contributed by atoms with E-state index < -0.39 is 0 Å². The molecule has 1 aromatic heterocycles. The molecule has 2 heterocycles. The van der Waals surface area contributed by atoms with Crippen molar-refractivity contribution in [3.05, 3.63) is 57.7 Å². The number of likely N-dealkylation sites (N-methyl/N-ethyl adjacent to an activating group) is 1. The molecule has 0 aliphatic carbocycles. The fraction of sp³-hybridized carbons (Fsp3) is 0.455. The number of hydrogen-bond donors (Lipinski definition) is 2. The van der Waals surface area contributed by atoms with Crippen molar-refractivity contribution in [2.45, 2.75) is 26.4 Å². The highest BCUT2D eigenvalue weighted by Crippen LogP contribution is 2.26. The van der Waals surface area contributed by atoms with Gasteiger partial charge in [-0.3, -0.25) is 0 Å². The Morgan fingerprint density at radius 1 is 1.17 bits per heavy atom. The number of benzene rings is 1.